The van der Waals surface area contributed by atoms with Gasteiger partial charge in [0.2, 0.25) is 5.78 Å². The zero-order chi connectivity index (χ0) is 10.6. The summed E-state index contributed by atoms with van der Waals surface area (Å²) in [5, 5.41) is 0. The van der Waals surface area contributed by atoms with Gasteiger partial charge in [-0.3, -0.25) is 4.79 Å². The molecule has 0 bridgehead atoms. The van der Waals surface area contributed by atoms with Gasteiger partial charge in [0.05, 0.1) is 6.61 Å². The van der Waals surface area contributed by atoms with Crippen molar-refractivity contribution in [2.75, 3.05) is 6.61 Å². The van der Waals surface area contributed by atoms with E-state index in [4.69, 9.17) is 23.2 Å². The topological polar surface area (TPSA) is 43.4 Å². The molecule has 0 aliphatic rings. The molecule has 0 saturated carbocycles. The first-order chi connectivity index (χ1) is 5.84. The fourth-order valence-electron chi connectivity index (χ4n) is 0.459. The summed E-state index contributed by atoms with van der Waals surface area (Å²) in [7, 11) is 0. The van der Waals surface area contributed by atoms with Crippen LogP contribution in [0.25, 0.3) is 0 Å². The molecule has 0 aliphatic carbocycles. The predicted molar refractivity (Wildman–Crippen MR) is 42.1 cm³/mol. The van der Waals surface area contributed by atoms with Gasteiger partial charge in [-0.2, -0.15) is 0 Å². The van der Waals surface area contributed by atoms with Crippen molar-refractivity contribution < 1.29 is 23.1 Å². The Morgan fingerprint density at radius 2 is 1.92 bits per heavy atom. The van der Waals surface area contributed by atoms with Gasteiger partial charge >= 0.3 is 5.97 Å². The van der Waals surface area contributed by atoms with E-state index in [1.54, 1.807) is 0 Å². The Bertz CT molecular complexity index is 218. The van der Waals surface area contributed by atoms with Crippen LogP contribution in [0.5, 0.6) is 0 Å². The third kappa shape index (κ3) is 3.08. The van der Waals surface area contributed by atoms with Crippen LogP contribution in [0.2, 0.25) is 0 Å². The number of hydrogen-bond acceptors (Lipinski definition) is 3. The summed E-state index contributed by atoms with van der Waals surface area (Å²) >= 11 is 10.1. The number of Topliss-reactive ketones (excluding diaryl/α,β-unsaturated/α-hetero) is 1. The molecule has 0 fully saturated rings. The van der Waals surface area contributed by atoms with Crippen LogP contribution in [0.1, 0.15) is 6.92 Å². The van der Waals surface area contributed by atoms with Crippen LogP contribution in [0.3, 0.4) is 0 Å². The molecule has 3 nitrogen and oxygen atoms in total. The molecule has 0 aromatic carbocycles. The number of ketones is 1. The zero-order valence-electron chi connectivity index (χ0n) is 6.52. The third-order valence-electron chi connectivity index (χ3n) is 1.04. The zero-order valence-corrected chi connectivity index (χ0v) is 8.03. The van der Waals surface area contributed by atoms with Crippen molar-refractivity contribution in [1.82, 2.24) is 0 Å². The second kappa shape index (κ2) is 4.72. The van der Waals surface area contributed by atoms with Gasteiger partial charge in [0, 0.05) is 0 Å². The molecule has 0 saturated heterocycles. The van der Waals surface area contributed by atoms with Crippen LogP contribution in [-0.2, 0) is 14.3 Å². The quantitative estimate of drug-likeness (QED) is 0.422. The van der Waals surface area contributed by atoms with Crippen LogP contribution in [0.4, 0.5) is 8.78 Å². The molecular weight excluding hydrogens is 229 g/mol. The van der Waals surface area contributed by atoms with E-state index in [0.29, 0.717) is 0 Å². The van der Waals surface area contributed by atoms with Crippen LogP contribution in [0, 0.1) is 0 Å². The van der Waals surface area contributed by atoms with E-state index in [1.165, 1.54) is 6.92 Å². The van der Waals surface area contributed by atoms with Gasteiger partial charge in [0.15, 0.2) is 0 Å². The van der Waals surface area contributed by atoms with Gasteiger partial charge in [-0.05, 0) is 6.92 Å². The molecule has 13 heavy (non-hydrogen) atoms. The van der Waals surface area contributed by atoms with Crippen molar-refractivity contribution in [2.45, 2.75) is 17.7 Å². The van der Waals surface area contributed by atoms with Gasteiger partial charge < -0.3 is 4.74 Å². The number of carbonyl (C=O) groups is 2. The van der Waals surface area contributed by atoms with Gasteiger partial charge in [-0.15, -0.1) is 0 Å². The van der Waals surface area contributed by atoms with Crippen molar-refractivity contribution in [1.29, 1.82) is 0 Å². The highest BCUT2D eigenvalue weighted by molar-refractivity contribution is 6.67. The molecule has 0 amide bonds. The molecule has 0 aromatic heterocycles. The molecule has 0 aliphatic heterocycles. The highest BCUT2D eigenvalue weighted by Gasteiger charge is 2.47. The van der Waals surface area contributed by atoms with E-state index in [9.17, 15) is 18.4 Å². The van der Waals surface area contributed by atoms with Gasteiger partial charge in [0.25, 0.3) is 10.8 Å². The molecule has 0 heterocycles. The highest BCUT2D eigenvalue weighted by atomic mass is 35.5. The Labute approximate surface area is 82.9 Å². The molecular formula is C6H6Cl2F2O3. The Balaban J connectivity index is 4.55. The fourth-order valence-corrected chi connectivity index (χ4v) is 0.733. The first-order valence-corrected chi connectivity index (χ1v) is 3.97. The maximum absolute atomic E-state index is 11.8. The molecule has 76 valence electrons. The van der Waals surface area contributed by atoms with E-state index >= 15 is 0 Å². The van der Waals surface area contributed by atoms with Crippen LogP contribution in [-0.4, -0.2) is 29.1 Å². The average molecular weight is 235 g/mol. The van der Waals surface area contributed by atoms with Crippen LogP contribution < -0.4 is 0 Å². The van der Waals surface area contributed by atoms with E-state index in [2.05, 4.69) is 4.74 Å². The molecule has 0 aromatic rings. The molecule has 0 rings (SSSR count). The van der Waals surface area contributed by atoms with E-state index < -0.39 is 22.5 Å². The maximum atomic E-state index is 11.8. The summed E-state index contributed by atoms with van der Waals surface area (Å²) in [6.07, 6.45) is -3.40. The van der Waals surface area contributed by atoms with Crippen molar-refractivity contribution >= 4 is 35.0 Å². The Morgan fingerprint density at radius 1 is 1.46 bits per heavy atom. The molecule has 0 atom stereocenters. The number of rotatable bonds is 4. The normalized spacial score (nSPS) is 11.5. The minimum absolute atomic E-state index is 0.101. The summed E-state index contributed by atoms with van der Waals surface area (Å²) in [5.41, 5.74) is 0. The lowest BCUT2D eigenvalue weighted by molar-refractivity contribution is -0.149. The summed E-state index contributed by atoms with van der Waals surface area (Å²) in [6.45, 7) is 1.32. The Hall–Kier alpha value is -0.420. The van der Waals surface area contributed by atoms with Crippen LogP contribution in [0.15, 0.2) is 0 Å². The Kier molecular flexibility index (Phi) is 4.56. The van der Waals surface area contributed by atoms with Crippen molar-refractivity contribution in [3.05, 3.63) is 0 Å². The second-order valence-electron chi connectivity index (χ2n) is 1.96. The molecule has 0 radical (unpaired) electrons. The summed E-state index contributed by atoms with van der Waals surface area (Å²) < 4.78 is 25.0. The number of esters is 1. The molecule has 0 spiro atoms. The predicted octanol–water partition coefficient (Wildman–Crippen LogP) is 1.56. The largest absolute Gasteiger partial charge is 0.463 e. The lowest BCUT2D eigenvalue weighted by Gasteiger charge is -2.14. The van der Waals surface area contributed by atoms with Gasteiger partial charge in [-0.1, -0.05) is 23.2 Å². The van der Waals surface area contributed by atoms with Crippen molar-refractivity contribution in [3.63, 3.8) is 0 Å². The standard InChI is InChI=1S/C6H6Cl2F2O3/c1-2-13-5(12)6(7,8)3(11)4(9)10/h4H,2H2,1H3. The minimum atomic E-state index is -3.40. The van der Waals surface area contributed by atoms with Gasteiger partial charge in [0.1, 0.15) is 0 Å². The lowest BCUT2D eigenvalue weighted by Crippen LogP contribution is -2.40. The first kappa shape index (κ1) is 12.6. The van der Waals surface area contributed by atoms with Crippen molar-refractivity contribution in [3.8, 4) is 0 Å². The summed E-state index contributed by atoms with van der Waals surface area (Å²) in [4.78, 5) is 21.3. The lowest BCUT2D eigenvalue weighted by atomic mass is 10.3. The number of carbonyl (C=O) groups excluding carboxylic acids is 2. The van der Waals surface area contributed by atoms with E-state index in [-0.39, 0.29) is 6.61 Å². The fraction of sp³-hybridized carbons (Fsp3) is 0.667. The van der Waals surface area contributed by atoms with Gasteiger partial charge in [-0.25, -0.2) is 13.6 Å². The summed E-state index contributed by atoms with van der Waals surface area (Å²) in [5.74, 6) is -3.27. The molecule has 0 unspecified atom stereocenters. The number of ether oxygens (including phenoxy) is 1. The summed E-state index contributed by atoms with van der Waals surface area (Å²) in [6, 6.07) is 0. The Morgan fingerprint density at radius 3 is 2.23 bits per heavy atom. The smallest absolute Gasteiger partial charge is 0.350 e. The highest BCUT2D eigenvalue weighted by Crippen LogP contribution is 2.26. The molecule has 7 heteroatoms. The monoisotopic (exact) mass is 234 g/mol. The maximum Gasteiger partial charge on any atom is 0.350 e. The average Bonchev–Trinajstić information content (AvgIpc) is 2.03. The van der Waals surface area contributed by atoms with E-state index in [0.717, 1.165) is 0 Å². The SMILES string of the molecule is CCOC(=O)C(Cl)(Cl)C(=O)C(F)F. The van der Waals surface area contributed by atoms with E-state index in [1.807, 2.05) is 0 Å². The second-order valence-corrected chi connectivity index (χ2v) is 3.29. The first-order valence-electron chi connectivity index (χ1n) is 3.21. The molecule has 0 N–H and O–H groups in total. The number of alkyl halides is 4. The van der Waals surface area contributed by atoms with Crippen LogP contribution >= 0.6 is 23.2 Å². The van der Waals surface area contributed by atoms with Crippen molar-refractivity contribution in [2.24, 2.45) is 0 Å². The number of halogens is 4. The minimum Gasteiger partial charge on any atom is -0.463 e. The number of hydrogen-bond donors (Lipinski definition) is 0. The third-order valence-corrected chi connectivity index (χ3v) is 1.72.